The van der Waals surface area contributed by atoms with Gasteiger partial charge in [-0.05, 0) is 18.8 Å². The Balaban J connectivity index is 2.24. The molecule has 1 fully saturated rings. The molecule has 1 aliphatic rings. The minimum Gasteiger partial charge on any atom is -0.343 e. The second-order valence-corrected chi connectivity index (χ2v) is 6.10. The van der Waals surface area contributed by atoms with E-state index in [9.17, 15) is 4.79 Å². The van der Waals surface area contributed by atoms with Crippen LogP contribution in [0.4, 0.5) is 4.79 Å². The van der Waals surface area contributed by atoms with Crippen LogP contribution in [0, 0.1) is 5.92 Å². The summed E-state index contributed by atoms with van der Waals surface area (Å²) in [7, 11) is 0. The van der Waals surface area contributed by atoms with Crippen molar-refractivity contribution in [2.24, 2.45) is 5.92 Å². The zero-order valence-electron chi connectivity index (χ0n) is 9.46. The lowest BCUT2D eigenvalue weighted by molar-refractivity contribution is 0.253. The number of hydrogen-bond donors (Lipinski definition) is 1. The number of carbonyl (C=O) groups excluding carboxylic acids is 1. The number of rotatable bonds is 3. The molecule has 88 valence electrons. The molecule has 1 aliphatic carbocycles. The summed E-state index contributed by atoms with van der Waals surface area (Å²) in [6, 6.07) is 0.188. The van der Waals surface area contributed by atoms with Gasteiger partial charge in [0.05, 0.1) is 5.38 Å². The van der Waals surface area contributed by atoms with E-state index in [2.05, 4.69) is 19.2 Å². The lowest BCUT2D eigenvalue weighted by atomic mass is 9.95. The van der Waals surface area contributed by atoms with Crippen molar-refractivity contribution < 1.29 is 4.79 Å². The molecule has 0 unspecified atom stereocenters. The molecule has 4 heteroatoms. The van der Waals surface area contributed by atoms with Gasteiger partial charge in [0.2, 0.25) is 0 Å². The predicted molar refractivity (Wildman–Crippen MR) is 67.7 cm³/mol. The maximum absolute atomic E-state index is 11.6. The van der Waals surface area contributed by atoms with E-state index in [-0.39, 0.29) is 16.7 Å². The molecule has 0 aliphatic heterocycles. The van der Waals surface area contributed by atoms with E-state index in [0.717, 1.165) is 18.6 Å². The van der Waals surface area contributed by atoms with Crippen molar-refractivity contribution in [2.45, 2.75) is 50.9 Å². The van der Waals surface area contributed by atoms with Crippen molar-refractivity contribution in [1.82, 2.24) is 5.32 Å². The van der Waals surface area contributed by atoms with Crippen LogP contribution in [0.1, 0.15) is 39.5 Å². The number of carbonyl (C=O) groups is 1. The first kappa shape index (κ1) is 13.2. The van der Waals surface area contributed by atoms with E-state index < -0.39 is 0 Å². The van der Waals surface area contributed by atoms with E-state index in [1.807, 2.05) is 0 Å². The quantitative estimate of drug-likeness (QED) is 0.774. The van der Waals surface area contributed by atoms with Crippen molar-refractivity contribution in [3.63, 3.8) is 0 Å². The van der Waals surface area contributed by atoms with Crippen molar-refractivity contribution in [2.75, 3.05) is 5.75 Å². The topological polar surface area (TPSA) is 29.1 Å². The van der Waals surface area contributed by atoms with Crippen molar-refractivity contribution in [3.05, 3.63) is 0 Å². The lowest BCUT2D eigenvalue weighted by Gasteiger charge is -2.27. The molecule has 1 saturated carbocycles. The molecule has 2 atom stereocenters. The van der Waals surface area contributed by atoms with Crippen LogP contribution in [0.2, 0.25) is 0 Å². The summed E-state index contributed by atoms with van der Waals surface area (Å²) >= 11 is 7.54. The van der Waals surface area contributed by atoms with Gasteiger partial charge in [0.1, 0.15) is 0 Å². The van der Waals surface area contributed by atoms with Gasteiger partial charge in [-0.25, -0.2) is 0 Å². The van der Waals surface area contributed by atoms with E-state index in [1.54, 1.807) is 0 Å². The Bertz CT molecular complexity index is 211. The van der Waals surface area contributed by atoms with Crippen molar-refractivity contribution >= 4 is 28.6 Å². The first-order chi connectivity index (χ1) is 7.09. The minimum atomic E-state index is 0.0845. The molecule has 0 bridgehead atoms. The zero-order chi connectivity index (χ0) is 11.3. The Morgan fingerprint density at radius 3 is 2.73 bits per heavy atom. The average Bonchev–Trinajstić information content (AvgIpc) is 2.18. The van der Waals surface area contributed by atoms with Crippen LogP contribution in [0.15, 0.2) is 0 Å². The fourth-order valence-corrected chi connectivity index (χ4v) is 2.75. The molecular weight excluding hydrogens is 230 g/mol. The maximum Gasteiger partial charge on any atom is 0.279 e. The molecule has 0 spiro atoms. The van der Waals surface area contributed by atoms with Gasteiger partial charge in [-0.2, -0.15) is 0 Å². The summed E-state index contributed by atoms with van der Waals surface area (Å²) in [4.78, 5) is 11.6. The Morgan fingerprint density at radius 2 is 2.13 bits per heavy atom. The zero-order valence-corrected chi connectivity index (χ0v) is 11.0. The van der Waals surface area contributed by atoms with Gasteiger partial charge in [-0.15, -0.1) is 11.6 Å². The lowest BCUT2D eigenvalue weighted by Crippen LogP contribution is -2.41. The summed E-state index contributed by atoms with van der Waals surface area (Å²) in [6.45, 7) is 4.23. The van der Waals surface area contributed by atoms with Crippen LogP contribution in [-0.2, 0) is 0 Å². The number of nitrogens with one attached hydrogen (secondary N) is 1. The molecule has 0 aromatic rings. The largest absolute Gasteiger partial charge is 0.343 e. The van der Waals surface area contributed by atoms with Gasteiger partial charge >= 0.3 is 0 Å². The fraction of sp³-hybridized carbons (Fsp3) is 0.909. The highest BCUT2D eigenvalue weighted by Crippen LogP contribution is 2.23. The van der Waals surface area contributed by atoms with Crippen molar-refractivity contribution in [3.8, 4) is 0 Å². The Kier molecular flexibility index (Phi) is 5.83. The predicted octanol–water partition coefficient (Wildman–Crippen LogP) is 3.64. The molecule has 15 heavy (non-hydrogen) atoms. The van der Waals surface area contributed by atoms with Gasteiger partial charge in [0, 0.05) is 11.8 Å². The smallest absolute Gasteiger partial charge is 0.279 e. The highest BCUT2D eigenvalue weighted by Gasteiger charge is 2.24. The summed E-state index contributed by atoms with van der Waals surface area (Å²) in [6.07, 6.45) is 4.44. The van der Waals surface area contributed by atoms with Crippen LogP contribution < -0.4 is 5.32 Å². The standard InChI is InChI=1S/C11H20ClNOS/c1-8(2)7-15-11(14)13-10-6-4-3-5-9(10)12/h8-10H,3-7H2,1-2H3,(H,13,14)/t9-,10-/m0/s1. The first-order valence-corrected chi connectivity index (χ1v) is 7.09. The molecule has 0 heterocycles. The highest BCUT2D eigenvalue weighted by molar-refractivity contribution is 8.13. The van der Waals surface area contributed by atoms with Gasteiger partial charge in [0.15, 0.2) is 0 Å². The molecule has 2 nitrogen and oxygen atoms in total. The normalized spacial score (nSPS) is 26.7. The number of hydrogen-bond acceptors (Lipinski definition) is 2. The van der Waals surface area contributed by atoms with Gasteiger partial charge < -0.3 is 5.32 Å². The minimum absolute atomic E-state index is 0.0845. The summed E-state index contributed by atoms with van der Waals surface area (Å²) in [5.74, 6) is 1.44. The summed E-state index contributed by atoms with van der Waals surface area (Å²) in [5, 5.41) is 3.23. The molecular formula is C11H20ClNOS. The average molecular weight is 250 g/mol. The maximum atomic E-state index is 11.6. The molecule has 0 saturated heterocycles. The number of alkyl halides is 1. The fourth-order valence-electron chi connectivity index (χ4n) is 1.68. The Morgan fingerprint density at radius 1 is 1.47 bits per heavy atom. The molecule has 1 N–H and O–H groups in total. The van der Waals surface area contributed by atoms with Gasteiger partial charge in [0.25, 0.3) is 5.24 Å². The third-order valence-electron chi connectivity index (χ3n) is 2.53. The summed E-state index contributed by atoms with van der Waals surface area (Å²) in [5.41, 5.74) is 0. The number of halogens is 1. The van der Waals surface area contributed by atoms with Gasteiger partial charge in [-0.1, -0.05) is 38.5 Å². The number of amides is 1. The van der Waals surface area contributed by atoms with Gasteiger partial charge in [-0.3, -0.25) is 4.79 Å². The molecule has 0 aromatic carbocycles. The van der Waals surface area contributed by atoms with E-state index >= 15 is 0 Å². The molecule has 1 amide bonds. The van der Waals surface area contributed by atoms with Crippen LogP contribution in [0.5, 0.6) is 0 Å². The van der Waals surface area contributed by atoms with Crippen LogP contribution in [0.3, 0.4) is 0 Å². The highest BCUT2D eigenvalue weighted by atomic mass is 35.5. The van der Waals surface area contributed by atoms with Crippen LogP contribution >= 0.6 is 23.4 Å². The van der Waals surface area contributed by atoms with E-state index in [1.165, 1.54) is 24.6 Å². The first-order valence-electron chi connectivity index (χ1n) is 5.67. The van der Waals surface area contributed by atoms with E-state index in [4.69, 9.17) is 11.6 Å². The molecule has 1 rings (SSSR count). The third kappa shape index (κ3) is 5.12. The van der Waals surface area contributed by atoms with Crippen LogP contribution in [-0.4, -0.2) is 22.4 Å². The Hall–Kier alpha value is 0.110. The van der Waals surface area contributed by atoms with Crippen LogP contribution in [0.25, 0.3) is 0 Å². The summed E-state index contributed by atoms with van der Waals surface area (Å²) < 4.78 is 0. The number of thioether (sulfide) groups is 1. The third-order valence-corrected chi connectivity index (χ3v) is 4.27. The molecule has 0 radical (unpaired) electrons. The van der Waals surface area contributed by atoms with E-state index in [0.29, 0.717) is 5.92 Å². The van der Waals surface area contributed by atoms with Crippen molar-refractivity contribution in [1.29, 1.82) is 0 Å². The second kappa shape index (κ2) is 6.64. The SMILES string of the molecule is CC(C)CSC(=O)N[C@H]1CCCC[C@@H]1Cl. The second-order valence-electron chi connectivity index (χ2n) is 4.54. The Labute approximate surface area is 102 Å². The monoisotopic (exact) mass is 249 g/mol. The molecule has 0 aromatic heterocycles.